The molecule has 157 valence electrons. The van der Waals surface area contributed by atoms with Crippen molar-refractivity contribution in [2.75, 3.05) is 21.3 Å². The van der Waals surface area contributed by atoms with Gasteiger partial charge in [0.15, 0.2) is 0 Å². The molecule has 0 spiro atoms. The van der Waals surface area contributed by atoms with Crippen molar-refractivity contribution >= 4 is 0 Å². The number of rotatable bonds is 13. The van der Waals surface area contributed by atoms with E-state index in [2.05, 4.69) is 27.7 Å². The molecule has 0 amide bonds. The molecule has 3 heteroatoms. The van der Waals surface area contributed by atoms with Crippen molar-refractivity contribution in [3.63, 3.8) is 0 Å². The molecule has 0 aromatic heterocycles. The van der Waals surface area contributed by atoms with Gasteiger partial charge in [-0.05, 0) is 46.5 Å². The minimum Gasteiger partial charge on any atom is -0.378 e. The van der Waals surface area contributed by atoms with E-state index in [1.54, 1.807) is 5.92 Å². The zero-order valence-corrected chi connectivity index (χ0v) is 19.0. The van der Waals surface area contributed by atoms with Crippen LogP contribution in [-0.2, 0) is 14.2 Å². The van der Waals surface area contributed by atoms with Crippen molar-refractivity contribution in [3.8, 4) is 0 Å². The van der Waals surface area contributed by atoms with E-state index < -0.39 is 0 Å². The fourth-order valence-corrected chi connectivity index (χ4v) is 6.54. The van der Waals surface area contributed by atoms with Crippen LogP contribution in [0, 0.1) is 16.7 Å². The van der Waals surface area contributed by atoms with Crippen LogP contribution < -0.4 is 0 Å². The molecule has 3 aliphatic rings. The molecule has 5 unspecified atom stereocenters. The van der Waals surface area contributed by atoms with Gasteiger partial charge in [0.05, 0.1) is 16.8 Å². The summed E-state index contributed by atoms with van der Waals surface area (Å²) in [6, 6.07) is 0. The first kappa shape index (κ1) is 21.6. The number of ether oxygens (including phenoxy) is 3. The van der Waals surface area contributed by atoms with Crippen LogP contribution in [0.4, 0.5) is 0 Å². The van der Waals surface area contributed by atoms with E-state index in [9.17, 15) is 0 Å². The lowest BCUT2D eigenvalue weighted by molar-refractivity contribution is -0.0195. The molecule has 3 rings (SSSR count). The highest BCUT2D eigenvalue weighted by atomic mass is 16.5. The van der Waals surface area contributed by atoms with Crippen LogP contribution in [0.1, 0.15) is 98.3 Å². The van der Waals surface area contributed by atoms with E-state index in [4.69, 9.17) is 14.2 Å². The smallest absolute Gasteiger partial charge is 0.0727 e. The molecule has 1 radical (unpaired) electrons. The van der Waals surface area contributed by atoms with Gasteiger partial charge in [-0.25, -0.2) is 0 Å². The lowest BCUT2D eigenvalue weighted by Gasteiger charge is -2.36. The first-order valence-electron chi connectivity index (χ1n) is 11.3. The Balaban J connectivity index is 1.71. The molecule has 0 bridgehead atoms. The van der Waals surface area contributed by atoms with E-state index in [0.717, 1.165) is 19.3 Å². The Labute approximate surface area is 167 Å². The largest absolute Gasteiger partial charge is 0.378 e. The van der Waals surface area contributed by atoms with E-state index in [-0.39, 0.29) is 27.6 Å². The summed E-state index contributed by atoms with van der Waals surface area (Å²) in [6.45, 7) is 9.19. The third-order valence-electron chi connectivity index (χ3n) is 8.82. The predicted molar refractivity (Wildman–Crippen MR) is 111 cm³/mol. The summed E-state index contributed by atoms with van der Waals surface area (Å²) in [5, 5.41) is 0. The van der Waals surface area contributed by atoms with Crippen LogP contribution in [0.3, 0.4) is 0 Å². The van der Waals surface area contributed by atoms with Gasteiger partial charge < -0.3 is 14.2 Å². The van der Waals surface area contributed by atoms with E-state index >= 15 is 0 Å². The second-order valence-electron chi connectivity index (χ2n) is 10.2. The van der Waals surface area contributed by atoms with Crippen LogP contribution >= 0.6 is 0 Å². The lowest BCUT2D eigenvalue weighted by atomic mass is 9.72. The molecule has 27 heavy (non-hydrogen) atoms. The van der Waals surface area contributed by atoms with Gasteiger partial charge in [-0.15, -0.1) is 0 Å². The van der Waals surface area contributed by atoms with Crippen molar-refractivity contribution in [1.82, 2.24) is 0 Å². The van der Waals surface area contributed by atoms with Crippen molar-refractivity contribution in [1.29, 1.82) is 0 Å². The SMILES string of the molecule is CCCCCCCCCC1(C2([C]3CC3(C)OC)CC2(C)OC)CC1(C)OC. The highest BCUT2D eigenvalue weighted by molar-refractivity contribution is 5.51. The normalized spacial score (nSPS) is 45.9. The van der Waals surface area contributed by atoms with Crippen LogP contribution in [0.25, 0.3) is 0 Å². The summed E-state index contributed by atoms with van der Waals surface area (Å²) in [5.41, 5.74) is 0.216. The molecule has 0 aliphatic heterocycles. The van der Waals surface area contributed by atoms with E-state index in [1.165, 1.54) is 51.4 Å². The molecule has 3 saturated carbocycles. The Hall–Kier alpha value is -0.120. The monoisotopic (exact) mass is 379 g/mol. The second-order valence-corrected chi connectivity index (χ2v) is 10.2. The Kier molecular flexibility index (Phi) is 5.83. The zero-order chi connectivity index (χ0) is 20.0. The maximum absolute atomic E-state index is 6.11. The Morgan fingerprint density at radius 2 is 1.33 bits per heavy atom. The molecule has 0 saturated heterocycles. The van der Waals surface area contributed by atoms with Crippen molar-refractivity contribution in [3.05, 3.63) is 5.92 Å². The van der Waals surface area contributed by atoms with Gasteiger partial charge in [0, 0.05) is 38.1 Å². The second kappa shape index (κ2) is 7.29. The highest BCUT2D eigenvalue weighted by Gasteiger charge is 2.91. The molecule has 0 N–H and O–H groups in total. The van der Waals surface area contributed by atoms with Crippen molar-refractivity contribution in [2.24, 2.45) is 10.8 Å². The Morgan fingerprint density at radius 3 is 1.78 bits per heavy atom. The maximum Gasteiger partial charge on any atom is 0.0727 e. The summed E-state index contributed by atoms with van der Waals surface area (Å²) in [7, 11) is 5.65. The topological polar surface area (TPSA) is 27.7 Å². The summed E-state index contributed by atoms with van der Waals surface area (Å²) in [5.74, 6) is 1.59. The average molecular weight is 380 g/mol. The van der Waals surface area contributed by atoms with Gasteiger partial charge in [0.2, 0.25) is 0 Å². The molecule has 3 aliphatic carbocycles. The van der Waals surface area contributed by atoms with E-state index in [0.29, 0.717) is 0 Å². The molecule has 0 aromatic carbocycles. The molecule has 0 aromatic rings. The highest BCUT2D eigenvalue weighted by Crippen LogP contribution is 2.89. The summed E-state index contributed by atoms with van der Waals surface area (Å²) < 4.78 is 18.1. The molecular formula is C24H43O3. The van der Waals surface area contributed by atoms with Crippen molar-refractivity contribution in [2.45, 2.75) is 115 Å². The summed E-state index contributed by atoms with van der Waals surface area (Å²) in [4.78, 5) is 0. The van der Waals surface area contributed by atoms with Crippen LogP contribution in [0.5, 0.6) is 0 Å². The lowest BCUT2D eigenvalue weighted by Crippen LogP contribution is -2.38. The first-order chi connectivity index (χ1) is 12.7. The van der Waals surface area contributed by atoms with Gasteiger partial charge in [-0.1, -0.05) is 51.9 Å². The Morgan fingerprint density at radius 1 is 0.741 bits per heavy atom. The molecule has 0 heterocycles. The third kappa shape index (κ3) is 3.11. The van der Waals surface area contributed by atoms with Gasteiger partial charge in [-0.3, -0.25) is 0 Å². The molecular weight excluding hydrogens is 336 g/mol. The molecule has 5 atom stereocenters. The van der Waals surface area contributed by atoms with Gasteiger partial charge in [0.1, 0.15) is 0 Å². The van der Waals surface area contributed by atoms with Crippen molar-refractivity contribution < 1.29 is 14.2 Å². The average Bonchev–Trinajstić information content (AvgIpc) is 3.59. The van der Waals surface area contributed by atoms with Gasteiger partial charge in [0.25, 0.3) is 0 Å². The molecule has 3 nitrogen and oxygen atoms in total. The predicted octanol–water partition coefficient (Wildman–Crippen LogP) is 6.10. The standard InChI is InChI=1S/C24H43O3/c1-8-9-10-11-12-13-14-15-23(17-21(23,3)26-6)24(18-22(24,4)27-7)19-16-20(19,2)25-5/h8-18H2,1-7H3. The quantitative estimate of drug-likeness (QED) is 0.362. The maximum atomic E-state index is 6.11. The Bertz CT molecular complexity index is 536. The fourth-order valence-electron chi connectivity index (χ4n) is 6.54. The van der Waals surface area contributed by atoms with Crippen LogP contribution in [0.15, 0.2) is 0 Å². The van der Waals surface area contributed by atoms with Gasteiger partial charge >= 0.3 is 0 Å². The first-order valence-corrected chi connectivity index (χ1v) is 11.3. The van der Waals surface area contributed by atoms with Crippen LogP contribution in [-0.4, -0.2) is 38.1 Å². The number of unbranched alkanes of at least 4 members (excludes halogenated alkanes) is 6. The third-order valence-corrected chi connectivity index (χ3v) is 8.82. The number of hydrogen-bond acceptors (Lipinski definition) is 3. The number of hydrogen-bond donors (Lipinski definition) is 0. The molecule has 3 fully saturated rings. The minimum atomic E-state index is -0.0595. The number of methoxy groups -OCH3 is 3. The summed E-state index contributed by atoms with van der Waals surface area (Å²) in [6.07, 6.45) is 14.2. The van der Waals surface area contributed by atoms with Gasteiger partial charge in [-0.2, -0.15) is 0 Å². The minimum absolute atomic E-state index is 0.0181. The fraction of sp³-hybridized carbons (Fsp3) is 0.958. The van der Waals surface area contributed by atoms with Crippen LogP contribution in [0.2, 0.25) is 0 Å². The van der Waals surface area contributed by atoms with E-state index in [1.807, 2.05) is 21.3 Å². The summed E-state index contributed by atoms with van der Waals surface area (Å²) >= 11 is 0. The zero-order valence-electron chi connectivity index (χ0n) is 19.0.